The predicted molar refractivity (Wildman–Crippen MR) is 74.4 cm³/mol. The third-order valence-corrected chi connectivity index (χ3v) is 3.37. The van der Waals surface area contributed by atoms with Gasteiger partial charge in [-0.25, -0.2) is 9.37 Å². The summed E-state index contributed by atoms with van der Waals surface area (Å²) in [5.74, 6) is -0.202. The van der Waals surface area contributed by atoms with Gasteiger partial charge in [0.25, 0.3) is 0 Å². The van der Waals surface area contributed by atoms with Crippen molar-refractivity contribution in [2.75, 3.05) is 5.73 Å². The zero-order chi connectivity index (χ0) is 13.4. The van der Waals surface area contributed by atoms with E-state index in [4.69, 9.17) is 5.73 Å². The Hall–Kier alpha value is -2.36. The Kier molecular flexibility index (Phi) is 2.71. The summed E-state index contributed by atoms with van der Waals surface area (Å²) in [6.07, 6.45) is 1.72. The number of aromatic nitrogens is 2. The smallest absolute Gasteiger partial charge is 0.128 e. The van der Waals surface area contributed by atoms with E-state index in [1.54, 1.807) is 18.5 Å². The van der Waals surface area contributed by atoms with Gasteiger partial charge in [-0.2, -0.15) is 0 Å². The third-order valence-electron chi connectivity index (χ3n) is 3.37. The van der Waals surface area contributed by atoms with Crippen molar-refractivity contribution < 1.29 is 4.39 Å². The van der Waals surface area contributed by atoms with Crippen LogP contribution in [0.4, 0.5) is 10.1 Å². The molecule has 0 saturated heterocycles. The van der Waals surface area contributed by atoms with E-state index < -0.39 is 0 Å². The number of hydrogen-bond acceptors (Lipinski definition) is 2. The summed E-state index contributed by atoms with van der Waals surface area (Å²) in [6, 6.07) is 12.2. The molecule has 0 aliphatic rings. The van der Waals surface area contributed by atoms with Gasteiger partial charge >= 0.3 is 0 Å². The van der Waals surface area contributed by atoms with Gasteiger partial charge in [-0.15, -0.1) is 0 Å². The van der Waals surface area contributed by atoms with Crippen LogP contribution in [0.2, 0.25) is 0 Å². The molecule has 3 nitrogen and oxygen atoms in total. The zero-order valence-corrected chi connectivity index (χ0v) is 10.5. The maximum atomic E-state index is 13.8. The first-order valence-corrected chi connectivity index (χ1v) is 6.13. The van der Waals surface area contributed by atoms with E-state index in [1.165, 1.54) is 6.07 Å². The molecule has 0 saturated carbocycles. The van der Waals surface area contributed by atoms with E-state index in [2.05, 4.69) is 4.98 Å². The minimum Gasteiger partial charge on any atom is -0.399 e. The van der Waals surface area contributed by atoms with Gasteiger partial charge in [0.2, 0.25) is 0 Å². The van der Waals surface area contributed by atoms with E-state index in [9.17, 15) is 4.39 Å². The maximum Gasteiger partial charge on any atom is 0.128 e. The van der Waals surface area contributed by atoms with Crippen molar-refractivity contribution >= 4 is 16.7 Å². The van der Waals surface area contributed by atoms with Crippen LogP contribution in [0.25, 0.3) is 11.0 Å². The molecule has 3 rings (SSSR count). The number of nitrogen functional groups attached to an aromatic ring is 1. The Morgan fingerprint density at radius 1 is 1.21 bits per heavy atom. The lowest BCUT2D eigenvalue weighted by Crippen LogP contribution is -2.07. The molecule has 0 amide bonds. The van der Waals surface area contributed by atoms with Crippen LogP contribution in [0, 0.1) is 5.82 Å². The van der Waals surface area contributed by atoms with E-state index >= 15 is 0 Å². The fourth-order valence-corrected chi connectivity index (χ4v) is 2.32. The Labute approximate surface area is 110 Å². The summed E-state index contributed by atoms with van der Waals surface area (Å²) >= 11 is 0. The molecule has 0 aliphatic carbocycles. The molecule has 0 spiro atoms. The van der Waals surface area contributed by atoms with Crippen LogP contribution in [0.5, 0.6) is 0 Å². The highest BCUT2D eigenvalue weighted by atomic mass is 19.1. The molecule has 1 unspecified atom stereocenters. The fourth-order valence-electron chi connectivity index (χ4n) is 2.32. The molecule has 0 fully saturated rings. The minimum absolute atomic E-state index is 0.116. The van der Waals surface area contributed by atoms with Crippen molar-refractivity contribution in [3.63, 3.8) is 0 Å². The molecule has 1 aromatic heterocycles. The van der Waals surface area contributed by atoms with Gasteiger partial charge in [-0.1, -0.05) is 18.2 Å². The van der Waals surface area contributed by atoms with Crippen LogP contribution in [-0.4, -0.2) is 9.55 Å². The van der Waals surface area contributed by atoms with Gasteiger partial charge in [-0.05, 0) is 31.2 Å². The van der Waals surface area contributed by atoms with Crippen LogP contribution >= 0.6 is 0 Å². The second kappa shape index (κ2) is 4.39. The topological polar surface area (TPSA) is 43.8 Å². The lowest BCUT2D eigenvalue weighted by atomic mass is 10.1. The second-order valence-corrected chi connectivity index (χ2v) is 4.60. The van der Waals surface area contributed by atoms with Crippen LogP contribution in [0.1, 0.15) is 18.5 Å². The average Bonchev–Trinajstić information content (AvgIpc) is 2.81. The number of nitrogens with zero attached hydrogens (tertiary/aromatic N) is 2. The van der Waals surface area contributed by atoms with Crippen LogP contribution in [0.3, 0.4) is 0 Å². The van der Waals surface area contributed by atoms with Gasteiger partial charge in [0.15, 0.2) is 0 Å². The number of halogens is 1. The number of benzene rings is 2. The monoisotopic (exact) mass is 255 g/mol. The van der Waals surface area contributed by atoms with Crippen molar-refractivity contribution in [3.05, 3.63) is 60.2 Å². The van der Waals surface area contributed by atoms with Crippen LogP contribution in [0.15, 0.2) is 48.8 Å². The largest absolute Gasteiger partial charge is 0.399 e. The fraction of sp³-hybridized carbons (Fsp3) is 0.133. The molecule has 2 N–H and O–H groups in total. The first-order valence-electron chi connectivity index (χ1n) is 6.13. The summed E-state index contributed by atoms with van der Waals surface area (Å²) in [5, 5.41) is 0. The summed E-state index contributed by atoms with van der Waals surface area (Å²) in [5.41, 5.74) is 8.84. The molecule has 96 valence electrons. The Bertz CT molecular complexity index is 733. The van der Waals surface area contributed by atoms with Crippen molar-refractivity contribution in [2.24, 2.45) is 0 Å². The lowest BCUT2D eigenvalue weighted by molar-refractivity contribution is 0.564. The quantitative estimate of drug-likeness (QED) is 0.713. The number of imidazole rings is 1. The molecule has 1 heterocycles. The Morgan fingerprint density at radius 3 is 2.79 bits per heavy atom. The molecule has 4 heteroatoms. The molecule has 1 atom stereocenters. The van der Waals surface area contributed by atoms with Gasteiger partial charge in [0.1, 0.15) is 5.82 Å². The highest BCUT2D eigenvalue weighted by molar-refractivity contribution is 5.79. The van der Waals surface area contributed by atoms with E-state index in [0.29, 0.717) is 11.3 Å². The predicted octanol–water partition coefficient (Wildman–Crippen LogP) is 3.37. The van der Waals surface area contributed by atoms with Gasteiger partial charge < -0.3 is 10.3 Å². The lowest BCUT2D eigenvalue weighted by Gasteiger charge is -2.15. The molecular formula is C15H14FN3. The maximum absolute atomic E-state index is 13.8. The molecule has 2 aromatic carbocycles. The number of nitrogens with two attached hydrogens (primary N) is 1. The highest BCUT2D eigenvalue weighted by Gasteiger charge is 2.14. The van der Waals surface area contributed by atoms with Crippen LogP contribution in [-0.2, 0) is 0 Å². The van der Waals surface area contributed by atoms with Crippen LogP contribution < -0.4 is 5.73 Å². The van der Waals surface area contributed by atoms with E-state index in [0.717, 1.165) is 11.0 Å². The second-order valence-electron chi connectivity index (χ2n) is 4.60. The normalized spacial score (nSPS) is 12.7. The van der Waals surface area contributed by atoms with Gasteiger partial charge in [0, 0.05) is 11.3 Å². The van der Waals surface area contributed by atoms with Crippen molar-refractivity contribution in [3.8, 4) is 0 Å². The molecule has 3 aromatic rings. The summed E-state index contributed by atoms with van der Waals surface area (Å²) < 4.78 is 15.8. The van der Waals surface area contributed by atoms with Crippen molar-refractivity contribution in [2.45, 2.75) is 13.0 Å². The molecule has 0 radical (unpaired) electrons. The Balaban J connectivity index is 2.12. The first kappa shape index (κ1) is 11.7. The first-order chi connectivity index (χ1) is 9.16. The van der Waals surface area contributed by atoms with E-state index in [-0.39, 0.29) is 11.9 Å². The number of rotatable bonds is 2. The summed E-state index contributed by atoms with van der Waals surface area (Å²) in [4.78, 5) is 4.32. The molecule has 0 bridgehead atoms. The highest BCUT2D eigenvalue weighted by Crippen LogP contribution is 2.25. The number of fused-ring (bicyclic) bond motifs is 1. The molecule has 0 aliphatic heterocycles. The molecular weight excluding hydrogens is 241 g/mol. The standard InChI is InChI=1S/C15H14FN3/c1-10(12-4-2-3-5-13(12)16)19-9-18-14-8-11(17)6-7-15(14)19/h2-10H,17H2,1H3. The number of hydrogen-bond donors (Lipinski definition) is 1. The Morgan fingerprint density at radius 2 is 2.00 bits per heavy atom. The summed E-state index contributed by atoms with van der Waals surface area (Å²) in [7, 11) is 0. The molecule has 19 heavy (non-hydrogen) atoms. The SMILES string of the molecule is CC(c1ccccc1F)n1cnc2cc(N)ccc21. The van der Waals surface area contributed by atoms with Gasteiger partial charge in [-0.3, -0.25) is 0 Å². The average molecular weight is 255 g/mol. The minimum atomic E-state index is -0.202. The third kappa shape index (κ3) is 1.95. The van der Waals surface area contributed by atoms with Crippen molar-refractivity contribution in [1.82, 2.24) is 9.55 Å². The summed E-state index contributed by atoms with van der Waals surface area (Å²) in [6.45, 7) is 1.95. The van der Waals surface area contributed by atoms with Crippen molar-refractivity contribution in [1.29, 1.82) is 0 Å². The van der Waals surface area contributed by atoms with Gasteiger partial charge in [0.05, 0.1) is 23.4 Å². The van der Waals surface area contributed by atoms with E-state index in [1.807, 2.05) is 35.8 Å². The zero-order valence-electron chi connectivity index (χ0n) is 10.5. The number of anilines is 1.